The van der Waals surface area contributed by atoms with Crippen LogP contribution in [0.4, 0.5) is 5.69 Å². The summed E-state index contributed by atoms with van der Waals surface area (Å²) < 4.78 is 0. The Balaban J connectivity index is 1.62. The van der Waals surface area contributed by atoms with E-state index in [4.69, 9.17) is 5.84 Å². The van der Waals surface area contributed by atoms with E-state index in [1.165, 1.54) is 0 Å². The number of nitrogens with two attached hydrogens (primary N) is 1. The van der Waals surface area contributed by atoms with Crippen molar-refractivity contribution in [2.45, 2.75) is 38.8 Å². The molecule has 4 rings (SSSR count). The van der Waals surface area contributed by atoms with Crippen LogP contribution in [0.5, 0.6) is 0 Å². The van der Waals surface area contributed by atoms with Gasteiger partial charge in [0.25, 0.3) is 5.91 Å². The van der Waals surface area contributed by atoms with Crippen LogP contribution in [0.25, 0.3) is 10.9 Å². The Morgan fingerprint density at radius 2 is 1.97 bits per heavy atom. The van der Waals surface area contributed by atoms with Crippen molar-refractivity contribution in [2.75, 3.05) is 5.32 Å². The van der Waals surface area contributed by atoms with Gasteiger partial charge in [-0.1, -0.05) is 24.3 Å². The standard InChI is InChI=1S/C23H26N6O/c1-15(22(30)27-17-12-16-8-4-5-9-18(16)26-14-17)21-28-20(13-23(2,3)29(21)24)19-10-6-7-11-25-19/h4-12,14,20,28H,13,24H2,1-3H3,(H,27,30)/b21-15+. The summed E-state index contributed by atoms with van der Waals surface area (Å²) in [7, 11) is 0. The molecule has 4 N–H and O–H groups in total. The molecule has 1 unspecified atom stereocenters. The molecule has 0 radical (unpaired) electrons. The first-order valence-electron chi connectivity index (χ1n) is 9.94. The molecule has 1 aliphatic rings. The number of nitrogens with zero attached hydrogens (tertiary/aromatic N) is 3. The number of para-hydroxylation sites is 1. The molecule has 7 nitrogen and oxygen atoms in total. The number of carbonyl (C=O) groups excluding carboxylic acids is 1. The Labute approximate surface area is 176 Å². The zero-order valence-corrected chi connectivity index (χ0v) is 17.4. The lowest BCUT2D eigenvalue weighted by Crippen LogP contribution is -2.58. The molecule has 7 heteroatoms. The number of hydrogen-bond donors (Lipinski definition) is 3. The number of fused-ring (bicyclic) bond motifs is 1. The summed E-state index contributed by atoms with van der Waals surface area (Å²) in [5.41, 5.74) is 2.59. The summed E-state index contributed by atoms with van der Waals surface area (Å²) in [6.07, 6.45) is 4.19. The molecule has 3 heterocycles. The van der Waals surface area contributed by atoms with Gasteiger partial charge in [0.1, 0.15) is 5.82 Å². The largest absolute Gasteiger partial charge is 0.362 e. The Hall–Kier alpha value is -3.45. The fourth-order valence-corrected chi connectivity index (χ4v) is 3.71. The number of carbonyl (C=O) groups is 1. The molecular formula is C23H26N6O. The summed E-state index contributed by atoms with van der Waals surface area (Å²) in [6.45, 7) is 5.88. The zero-order chi connectivity index (χ0) is 21.3. The van der Waals surface area contributed by atoms with Crippen LogP contribution < -0.4 is 16.5 Å². The van der Waals surface area contributed by atoms with Crippen LogP contribution in [0, 0.1) is 0 Å². The first kappa shape index (κ1) is 19.8. The predicted molar refractivity (Wildman–Crippen MR) is 118 cm³/mol. The van der Waals surface area contributed by atoms with Crippen LogP contribution >= 0.6 is 0 Å². The van der Waals surface area contributed by atoms with Gasteiger partial charge >= 0.3 is 0 Å². The lowest BCUT2D eigenvalue weighted by molar-refractivity contribution is -0.113. The summed E-state index contributed by atoms with van der Waals surface area (Å²) in [4.78, 5) is 21.9. The van der Waals surface area contributed by atoms with Crippen molar-refractivity contribution >= 4 is 22.5 Å². The van der Waals surface area contributed by atoms with Crippen molar-refractivity contribution in [3.63, 3.8) is 0 Å². The molecule has 1 aromatic carbocycles. The maximum absolute atomic E-state index is 13.0. The minimum atomic E-state index is -0.352. The van der Waals surface area contributed by atoms with Crippen LogP contribution in [0.3, 0.4) is 0 Å². The van der Waals surface area contributed by atoms with Gasteiger partial charge in [-0.05, 0) is 51.5 Å². The molecule has 1 amide bonds. The number of rotatable bonds is 3. The molecule has 2 aromatic heterocycles. The number of hydrogen-bond acceptors (Lipinski definition) is 6. The third-order valence-electron chi connectivity index (χ3n) is 5.50. The van der Waals surface area contributed by atoms with Crippen LogP contribution in [0.15, 0.2) is 72.3 Å². The maximum Gasteiger partial charge on any atom is 0.255 e. The lowest BCUT2D eigenvalue weighted by atomic mass is 9.89. The van der Waals surface area contributed by atoms with E-state index in [1.54, 1.807) is 24.3 Å². The molecule has 0 aliphatic carbocycles. The summed E-state index contributed by atoms with van der Waals surface area (Å²) in [5.74, 6) is 6.76. The molecule has 1 fully saturated rings. The quantitative estimate of drug-likeness (QED) is 0.458. The number of anilines is 1. The number of nitrogens with one attached hydrogen (secondary N) is 2. The van der Waals surface area contributed by atoms with Crippen molar-refractivity contribution in [3.05, 3.63) is 78.0 Å². The van der Waals surface area contributed by atoms with Gasteiger partial charge in [0.05, 0.1) is 40.2 Å². The Kier molecular flexibility index (Phi) is 5.13. The van der Waals surface area contributed by atoms with E-state index in [9.17, 15) is 4.79 Å². The minimum absolute atomic E-state index is 0.0407. The number of benzene rings is 1. The first-order chi connectivity index (χ1) is 14.3. The molecule has 30 heavy (non-hydrogen) atoms. The highest BCUT2D eigenvalue weighted by Gasteiger charge is 2.38. The van der Waals surface area contributed by atoms with E-state index in [-0.39, 0.29) is 17.5 Å². The lowest BCUT2D eigenvalue weighted by Gasteiger charge is -2.46. The molecule has 3 aromatic rings. The van der Waals surface area contributed by atoms with Crippen LogP contribution in [0.2, 0.25) is 0 Å². The van der Waals surface area contributed by atoms with Gasteiger partial charge in [-0.25, -0.2) is 5.84 Å². The first-order valence-corrected chi connectivity index (χ1v) is 9.94. The highest BCUT2D eigenvalue weighted by atomic mass is 16.1. The van der Waals surface area contributed by atoms with E-state index in [0.29, 0.717) is 17.1 Å². The fraction of sp³-hybridized carbons (Fsp3) is 0.261. The molecule has 0 bridgehead atoms. The Morgan fingerprint density at radius 3 is 2.73 bits per heavy atom. The van der Waals surface area contributed by atoms with E-state index in [0.717, 1.165) is 23.0 Å². The van der Waals surface area contributed by atoms with Gasteiger partial charge in [-0.2, -0.15) is 0 Å². The number of aromatic nitrogens is 2. The second-order valence-electron chi connectivity index (χ2n) is 8.18. The van der Waals surface area contributed by atoms with Gasteiger partial charge in [0, 0.05) is 11.6 Å². The average molecular weight is 403 g/mol. The molecule has 154 valence electrons. The summed E-state index contributed by atoms with van der Waals surface area (Å²) in [6, 6.07) is 15.5. The smallest absolute Gasteiger partial charge is 0.255 e. The summed E-state index contributed by atoms with van der Waals surface area (Å²) >= 11 is 0. The van der Waals surface area contributed by atoms with Crippen molar-refractivity contribution < 1.29 is 4.79 Å². The molecular weight excluding hydrogens is 376 g/mol. The fourth-order valence-electron chi connectivity index (χ4n) is 3.71. The van der Waals surface area contributed by atoms with Crippen molar-refractivity contribution in [1.82, 2.24) is 20.3 Å². The monoisotopic (exact) mass is 402 g/mol. The molecule has 0 spiro atoms. The van der Waals surface area contributed by atoms with Gasteiger partial charge in [-0.15, -0.1) is 0 Å². The molecule has 0 saturated carbocycles. The second-order valence-corrected chi connectivity index (χ2v) is 8.18. The maximum atomic E-state index is 13.0. The van der Waals surface area contributed by atoms with Gasteiger partial charge in [0.2, 0.25) is 0 Å². The number of pyridine rings is 2. The van der Waals surface area contributed by atoms with Gasteiger partial charge in [-0.3, -0.25) is 19.8 Å². The highest BCUT2D eigenvalue weighted by Crippen LogP contribution is 2.34. The van der Waals surface area contributed by atoms with Gasteiger partial charge in [0.15, 0.2) is 0 Å². The van der Waals surface area contributed by atoms with Crippen molar-refractivity contribution in [1.29, 1.82) is 0 Å². The topological polar surface area (TPSA) is 96.2 Å². The van der Waals surface area contributed by atoms with E-state index in [1.807, 2.05) is 48.5 Å². The molecule has 1 aliphatic heterocycles. The highest BCUT2D eigenvalue weighted by molar-refractivity contribution is 6.04. The van der Waals surface area contributed by atoms with E-state index in [2.05, 4.69) is 34.4 Å². The third-order valence-corrected chi connectivity index (χ3v) is 5.50. The van der Waals surface area contributed by atoms with Crippen molar-refractivity contribution in [3.8, 4) is 0 Å². The molecule has 1 saturated heterocycles. The zero-order valence-electron chi connectivity index (χ0n) is 17.4. The summed E-state index contributed by atoms with van der Waals surface area (Å²) in [5, 5.41) is 8.95. The average Bonchev–Trinajstić information content (AvgIpc) is 2.75. The normalized spacial score (nSPS) is 19.9. The SMILES string of the molecule is C/C(C(=O)Nc1cnc2ccccc2c1)=C1/NC(c2ccccn2)CC(C)(C)N1N. The van der Waals surface area contributed by atoms with Crippen molar-refractivity contribution in [2.24, 2.45) is 5.84 Å². The van der Waals surface area contributed by atoms with Gasteiger partial charge < -0.3 is 10.6 Å². The second kappa shape index (κ2) is 7.76. The Morgan fingerprint density at radius 1 is 1.20 bits per heavy atom. The van der Waals surface area contributed by atoms with Crippen LogP contribution in [0.1, 0.15) is 38.9 Å². The predicted octanol–water partition coefficient (Wildman–Crippen LogP) is 3.49. The third kappa shape index (κ3) is 3.84. The Bertz CT molecular complexity index is 1110. The van der Waals surface area contributed by atoms with Crippen LogP contribution in [-0.2, 0) is 4.79 Å². The molecule has 1 atom stereocenters. The number of amides is 1. The minimum Gasteiger partial charge on any atom is -0.362 e. The van der Waals surface area contributed by atoms with E-state index >= 15 is 0 Å². The number of hydrazine groups is 1. The van der Waals surface area contributed by atoms with Crippen LogP contribution in [-0.4, -0.2) is 26.4 Å². The van der Waals surface area contributed by atoms with E-state index < -0.39 is 0 Å².